The van der Waals surface area contributed by atoms with Crippen LogP contribution in [0.25, 0.3) is 5.57 Å². The molecule has 0 spiro atoms. The van der Waals surface area contributed by atoms with E-state index in [1.807, 2.05) is 6.07 Å². The van der Waals surface area contributed by atoms with Gasteiger partial charge in [-0.05, 0) is 59.9 Å². The van der Waals surface area contributed by atoms with Crippen LogP contribution in [0.4, 0.5) is 0 Å². The molecule has 17 heavy (non-hydrogen) atoms. The van der Waals surface area contributed by atoms with Crippen LogP contribution in [0, 0.1) is 11.8 Å². The minimum absolute atomic E-state index is 0.292. The molecule has 1 fully saturated rings. The molecule has 1 aromatic rings. The summed E-state index contributed by atoms with van der Waals surface area (Å²) in [4.78, 5) is 0. The molecular formula is C15H19NO. The fourth-order valence-electron chi connectivity index (χ4n) is 3.41. The maximum absolute atomic E-state index is 6.33. The first-order valence-electron chi connectivity index (χ1n) is 6.32. The van der Waals surface area contributed by atoms with Crippen LogP contribution in [0.3, 0.4) is 0 Å². The van der Waals surface area contributed by atoms with Gasteiger partial charge in [0.05, 0.1) is 7.11 Å². The Morgan fingerprint density at radius 3 is 2.94 bits per heavy atom. The van der Waals surface area contributed by atoms with Gasteiger partial charge < -0.3 is 10.5 Å². The van der Waals surface area contributed by atoms with Crippen LogP contribution in [-0.4, -0.2) is 13.2 Å². The summed E-state index contributed by atoms with van der Waals surface area (Å²) in [6.07, 6.45) is 3.51. The first-order chi connectivity index (χ1) is 8.20. The maximum atomic E-state index is 6.33. The molecule has 0 heterocycles. The van der Waals surface area contributed by atoms with Crippen molar-refractivity contribution in [2.75, 3.05) is 7.11 Å². The molecule has 2 aliphatic carbocycles. The highest BCUT2D eigenvalue weighted by atomic mass is 16.5. The summed E-state index contributed by atoms with van der Waals surface area (Å²) in [6, 6.07) is 6.60. The fourth-order valence-corrected chi connectivity index (χ4v) is 3.41. The lowest BCUT2D eigenvalue weighted by Crippen LogP contribution is -2.31. The standard InChI is InChI=1S/C15H19NO/c1-9-13-6-4-12(17-2)8-11(13)7-10-3-5-14(9)15(10)16/h4,6,8,10,14-15H,1,3,5,7,16H2,2H3. The molecule has 0 amide bonds. The predicted molar refractivity (Wildman–Crippen MR) is 69.9 cm³/mol. The number of nitrogens with two attached hydrogens (primary N) is 1. The average Bonchev–Trinajstić information content (AvgIpc) is 2.65. The summed E-state index contributed by atoms with van der Waals surface area (Å²) < 4.78 is 5.30. The highest BCUT2D eigenvalue weighted by molar-refractivity contribution is 5.71. The molecule has 2 heteroatoms. The lowest BCUT2D eigenvalue weighted by Gasteiger charge is -2.18. The number of rotatable bonds is 1. The second-order valence-electron chi connectivity index (χ2n) is 5.27. The summed E-state index contributed by atoms with van der Waals surface area (Å²) in [5, 5.41) is 0. The SMILES string of the molecule is C=C1c2ccc(OC)cc2CC2CCC1C2N. The minimum atomic E-state index is 0.292. The zero-order valence-corrected chi connectivity index (χ0v) is 10.3. The topological polar surface area (TPSA) is 35.2 Å². The van der Waals surface area contributed by atoms with Gasteiger partial charge >= 0.3 is 0 Å². The average molecular weight is 229 g/mol. The van der Waals surface area contributed by atoms with Crippen molar-refractivity contribution in [1.29, 1.82) is 0 Å². The molecule has 1 saturated carbocycles. The molecule has 2 aliphatic rings. The van der Waals surface area contributed by atoms with Crippen molar-refractivity contribution >= 4 is 5.57 Å². The highest BCUT2D eigenvalue weighted by Gasteiger charge is 2.38. The van der Waals surface area contributed by atoms with Gasteiger partial charge in [0.2, 0.25) is 0 Å². The smallest absolute Gasteiger partial charge is 0.119 e. The fraction of sp³-hybridized carbons (Fsp3) is 0.467. The number of methoxy groups -OCH3 is 1. The van der Waals surface area contributed by atoms with Gasteiger partial charge in [-0.15, -0.1) is 0 Å². The van der Waals surface area contributed by atoms with E-state index in [2.05, 4.69) is 18.7 Å². The number of hydrogen-bond acceptors (Lipinski definition) is 2. The quantitative estimate of drug-likeness (QED) is 0.803. The Labute approximate surface area is 102 Å². The Bertz CT molecular complexity index is 466. The van der Waals surface area contributed by atoms with Crippen LogP contribution in [-0.2, 0) is 6.42 Å². The second kappa shape index (κ2) is 3.88. The van der Waals surface area contributed by atoms with Gasteiger partial charge in [-0.25, -0.2) is 0 Å². The maximum Gasteiger partial charge on any atom is 0.119 e. The van der Waals surface area contributed by atoms with Gasteiger partial charge in [0.25, 0.3) is 0 Å². The summed E-state index contributed by atoms with van der Waals surface area (Å²) in [5.41, 5.74) is 10.2. The van der Waals surface area contributed by atoms with Crippen molar-refractivity contribution in [3.8, 4) is 5.75 Å². The van der Waals surface area contributed by atoms with E-state index >= 15 is 0 Å². The third-order valence-electron chi connectivity index (χ3n) is 4.45. The van der Waals surface area contributed by atoms with E-state index in [1.165, 1.54) is 29.5 Å². The third kappa shape index (κ3) is 1.59. The van der Waals surface area contributed by atoms with Gasteiger partial charge in [0.1, 0.15) is 5.75 Å². The van der Waals surface area contributed by atoms with Gasteiger partial charge in [0, 0.05) is 6.04 Å². The van der Waals surface area contributed by atoms with E-state index in [1.54, 1.807) is 7.11 Å². The Morgan fingerprint density at radius 1 is 1.35 bits per heavy atom. The lowest BCUT2D eigenvalue weighted by molar-refractivity contribution is 0.413. The van der Waals surface area contributed by atoms with Gasteiger partial charge in [-0.2, -0.15) is 0 Å². The Morgan fingerprint density at radius 2 is 2.18 bits per heavy atom. The third-order valence-corrected chi connectivity index (χ3v) is 4.45. The molecule has 3 rings (SSSR count). The van der Waals surface area contributed by atoms with E-state index in [0.29, 0.717) is 17.9 Å². The predicted octanol–water partition coefficient (Wildman–Crippen LogP) is 2.62. The summed E-state index contributed by atoms with van der Waals surface area (Å²) >= 11 is 0. The first-order valence-corrected chi connectivity index (χ1v) is 6.32. The van der Waals surface area contributed by atoms with Gasteiger partial charge in [0.15, 0.2) is 0 Å². The van der Waals surface area contributed by atoms with Crippen LogP contribution in [0.2, 0.25) is 0 Å². The molecule has 2 N–H and O–H groups in total. The highest BCUT2D eigenvalue weighted by Crippen LogP contribution is 2.44. The molecular weight excluding hydrogens is 210 g/mol. The number of fused-ring (bicyclic) bond motifs is 3. The molecule has 0 aliphatic heterocycles. The van der Waals surface area contributed by atoms with Gasteiger partial charge in [-0.3, -0.25) is 0 Å². The van der Waals surface area contributed by atoms with Crippen LogP contribution in [0.1, 0.15) is 24.0 Å². The van der Waals surface area contributed by atoms with Crippen molar-refractivity contribution in [1.82, 2.24) is 0 Å². The first kappa shape index (κ1) is 10.8. The molecule has 2 nitrogen and oxygen atoms in total. The Kier molecular flexibility index (Phi) is 2.48. The molecule has 90 valence electrons. The van der Waals surface area contributed by atoms with Crippen molar-refractivity contribution in [2.24, 2.45) is 17.6 Å². The monoisotopic (exact) mass is 229 g/mol. The summed E-state index contributed by atoms with van der Waals surface area (Å²) in [6.45, 7) is 4.28. The Hall–Kier alpha value is -1.28. The van der Waals surface area contributed by atoms with Crippen LogP contribution >= 0.6 is 0 Å². The number of ether oxygens (including phenoxy) is 1. The Balaban J connectivity index is 2.08. The van der Waals surface area contributed by atoms with E-state index in [-0.39, 0.29) is 0 Å². The van der Waals surface area contributed by atoms with Crippen molar-refractivity contribution in [2.45, 2.75) is 25.3 Å². The minimum Gasteiger partial charge on any atom is -0.497 e. The molecule has 2 bridgehead atoms. The molecule has 3 atom stereocenters. The number of hydrogen-bond donors (Lipinski definition) is 1. The summed E-state index contributed by atoms with van der Waals surface area (Å²) in [7, 11) is 1.71. The second-order valence-corrected chi connectivity index (χ2v) is 5.27. The van der Waals surface area contributed by atoms with Crippen molar-refractivity contribution < 1.29 is 4.74 Å². The molecule has 0 aromatic heterocycles. The van der Waals surface area contributed by atoms with E-state index < -0.39 is 0 Å². The number of benzene rings is 1. The zero-order valence-electron chi connectivity index (χ0n) is 10.3. The van der Waals surface area contributed by atoms with Crippen LogP contribution in [0.15, 0.2) is 24.8 Å². The molecule has 0 saturated heterocycles. The molecule has 3 unspecified atom stereocenters. The van der Waals surface area contributed by atoms with E-state index in [4.69, 9.17) is 10.5 Å². The van der Waals surface area contributed by atoms with Crippen LogP contribution in [0.5, 0.6) is 5.75 Å². The van der Waals surface area contributed by atoms with E-state index in [0.717, 1.165) is 12.2 Å². The van der Waals surface area contributed by atoms with Gasteiger partial charge in [-0.1, -0.05) is 12.6 Å². The summed E-state index contributed by atoms with van der Waals surface area (Å²) in [5.74, 6) is 2.03. The molecule has 1 aromatic carbocycles. The molecule has 0 radical (unpaired) electrons. The lowest BCUT2D eigenvalue weighted by atomic mass is 9.89. The van der Waals surface area contributed by atoms with Crippen LogP contribution < -0.4 is 10.5 Å². The van der Waals surface area contributed by atoms with Crippen molar-refractivity contribution in [3.63, 3.8) is 0 Å². The largest absolute Gasteiger partial charge is 0.497 e. The van der Waals surface area contributed by atoms with Crippen molar-refractivity contribution in [3.05, 3.63) is 35.9 Å². The zero-order chi connectivity index (χ0) is 12.0. The normalized spacial score (nSPS) is 30.9. The van der Waals surface area contributed by atoms with E-state index in [9.17, 15) is 0 Å².